The van der Waals surface area contributed by atoms with E-state index in [1.807, 2.05) is 36.4 Å². The molecule has 2 aliphatic heterocycles. The molecule has 0 aliphatic carbocycles. The summed E-state index contributed by atoms with van der Waals surface area (Å²) >= 11 is 0. The van der Waals surface area contributed by atoms with Gasteiger partial charge in [0, 0.05) is 30.8 Å². The van der Waals surface area contributed by atoms with E-state index in [0.717, 1.165) is 11.4 Å². The van der Waals surface area contributed by atoms with E-state index in [9.17, 15) is 0 Å². The number of nitrogens with zero attached hydrogens (tertiary/aromatic N) is 3. The number of benzene rings is 1. The maximum atomic E-state index is 6.58. The second-order valence-electron chi connectivity index (χ2n) is 7.14. The Kier molecular flexibility index (Phi) is 3.73. The molecule has 1 aromatic carbocycles. The zero-order valence-electron chi connectivity index (χ0n) is 16.4. The topological polar surface area (TPSA) is 65.4 Å². The third kappa shape index (κ3) is 2.20. The minimum Gasteiger partial charge on any atom is -0.496 e. The van der Waals surface area contributed by atoms with Crippen molar-refractivity contribution in [2.24, 2.45) is 4.99 Å². The Morgan fingerprint density at radius 3 is 2.48 bits per heavy atom. The molecule has 7 nitrogen and oxygen atoms in total. The molecular weight excluding hydrogens is 346 g/mol. The van der Waals surface area contributed by atoms with E-state index < -0.39 is 11.1 Å². The van der Waals surface area contributed by atoms with Gasteiger partial charge in [0.1, 0.15) is 17.3 Å². The van der Waals surface area contributed by atoms with Crippen LogP contribution in [0.15, 0.2) is 29.3 Å². The van der Waals surface area contributed by atoms with Gasteiger partial charge in [-0.05, 0) is 19.9 Å². The number of likely N-dealkylation sites (N-methyl/N-ethyl adjacent to an activating group) is 1. The SMILES string of the molecule is COc1cc(OC)c2c(c1)OC1(C=N2)N(C)c2nc(OC)ccc2C1(C)C. The van der Waals surface area contributed by atoms with Gasteiger partial charge >= 0.3 is 0 Å². The molecule has 1 unspecified atom stereocenters. The third-order valence-corrected chi connectivity index (χ3v) is 5.55. The fourth-order valence-corrected chi connectivity index (χ4v) is 3.88. The Morgan fingerprint density at radius 1 is 1.04 bits per heavy atom. The molecule has 1 atom stereocenters. The zero-order chi connectivity index (χ0) is 19.4. The van der Waals surface area contributed by atoms with Crippen LogP contribution in [0, 0.1) is 0 Å². The molecule has 0 bridgehead atoms. The summed E-state index contributed by atoms with van der Waals surface area (Å²) in [7, 11) is 6.78. The molecule has 7 heteroatoms. The van der Waals surface area contributed by atoms with Crippen molar-refractivity contribution in [3.8, 4) is 23.1 Å². The summed E-state index contributed by atoms with van der Waals surface area (Å²) < 4.78 is 22.7. The normalized spacial score (nSPS) is 21.5. The van der Waals surface area contributed by atoms with E-state index in [1.165, 1.54) is 0 Å². The Labute approximate surface area is 158 Å². The Balaban J connectivity index is 1.87. The third-order valence-electron chi connectivity index (χ3n) is 5.55. The highest BCUT2D eigenvalue weighted by molar-refractivity contribution is 5.88. The number of anilines is 1. The number of fused-ring (bicyclic) bond motifs is 2. The summed E-state index contributed by atoms with van der Waals surface area (Å²) in [4.78, 5) is 11.4. The molecule has 3 heterocycles. The highest BCUT2D eigenvalue weighted by Gasteiger charge is 2.59. The van der Waals surface area contributed by atoms with E-state index in [-0.39, 0.29) is 0 Å². The number of methoxy groups -OCH3 is 3. The Bertz CT molecular complexity index is 941. The second-order valence-corrected chi connectivity index (χ2v) is 7.14. The Hall–Kier alpha value is -2.96. The predicted molar refractivity (Wildman–Crippen MR) is 103 cm³/mol. The summed E-state index contributed by atoms with van der Waals surface area (Å²) in [6, 6.07) is 7.53. The van der Waals surface area contributed by atoms with Gasteiger partial charge in [-0.25, -0.2) is 4.99 Å². The van der Waals surface area contributed by atoms with E-state index in [1.54, 1.807) is 27.4 Å². The van der Waals surface area contributed by atoms with Crippen LogP contribution in [-0.2, 0) is 5.41 Å². The number of hydrogen-bond acceptors (Lipinski definition) is 7. The molecule has 142 valence electrons. The molecule has 1 aromatic heterocycles. The maximum Gasteiger partial charge on any atom is 0.229 e. The van der Waals surface area contributed by atoms with Crippen LogP contribution >= 0.6 is 0 Å². The molecule has 2 aliphatic rings. The number of aromatic nitrogens is 1. The van der Waals surface area contributed by atoms with Gasteiger partial charge in [0.25, 0.3) is 0 Å². The van der Waals surface area contributed by atoms with Gasteiger partial charge in [0.15, 0.2) is 11.5 Å². The van der Waals surface area contributed by atoms with Crippen molar-refractivity contribution >= 4 is 17.7 Å². The fraction of sp³-hybridized carbons (Fsp3) is 0.400. The van der Waals surface area contributed by atoms with Crippen LogP contribution in [0.2, 0.25) is 0 Å². The molecule has 0 radical (unpaired) electrons. The van der Waals surface area contributed by atoms with E-state index in [4.69, 9.17) is 23.9 Å². The molecule has 1 spiro atoms. The smallest absolute Gasteiger partial charge is 0.229 e. The first-order valence-electron chi connectivity index (χ1n) is 8.67. The standard InChI is InChI=1S/C20H23N3O4/c1-19(2)13-7-8-16(26-6)22-18(13)23(3)20(19)11-21-17-14(25-5)9-12(24-4)10-15(17)27-20/h7-11H,1-6H3. The quantitative estimate of drug-likeness (QED) is 0.827. The minimum absolute atomic E-state index is 0.409. The first-order chi connectivity index (χ1) is 12.9. The summed E-state index contributed by atoms with van der Waals surface area (Å²) in [6.45, 7) is 4.25. The van der Waals surface area contributed by atoms with Crippen molar-refractivity contribution in [3.05, 3.63) is 29.8 Å². The molecule has 0 amide bonds. The highest BCUT2D eigenvalue weighted by atomic mass is 16.5. The zero-order valence-corrected chi connectivity index (χ0v) is 16.4. The van der Waals surface area contributed by atoms with E-state index >= 15 is 0 Å². The van der Waals surface area contributed by atoms with E-state index in [0.29, 0.717) is 28.8 Å². The molecule has 0 fully saturated rings. The lowest BCUT2D eigenvalue weighted by molar-refractivity contribution is 0.0816. The molecule has 0 saturated carbocycles. The Morgan fingerprint density at radius 2 is 1.81 bits per heavy atom. The number of hydrogen-bond donors (Lipinski definition) is 0. The van der Waals surface area contributed by atoms with Gasteiger partial charge in [0.2, 0.25) is 11.6 Å². The average molecular weight is 369 g/mol. The van der Waals surface area contributed by atoms with Gasteiger partial charge < -0.3 is 23.8 Å². The van der Waals surface area contributed by atoms with Gasteiger partial charge in [-0.15, -0.1) is 0 Å². The summed E-state index contributed by atoms with van der Waals surface area (Å²) in [5.74, 6) is 3.22. The monoisotopic (exact) mass is 369 g/mol. The lowest BCUT2D eigenvalue weighted by Crippen LogP contribution is -2.61. The van der Waals surface area contributed by atoms with Crippen molar-refractivity contribution in [2.75, 3.05) is 33.3 Å². The van der Waals surface area contributed by atoms with Gasteiger partial charge in [0.05, 0.1) is 33.0 Å². The molecular formula is C20H23N3O4. The van der Waals surface area contributed by atoms with Crippen molar-refractivity contribution in [1.82, 2.24) is 4.98 Å². The van der Waals surface area contributed by atoms with Gasteiger partial charge in [-0.3, -0.25) is 0 Å². The van der Waals surface area contributed by atoms with Gasteiger partial charge in [-0.2, -0.15) is 4.98 Å². The largest absolute Gasteiger partial charge is 0.496 e. The first kappa shape index (κ1) is 17.5. The summed E-state index contributed by atoms with van der Waals surface area (Å²) in [5.41, 5.74) is 0.470. The number of rotatable bonds is 3. The van der Waals surface area contributed by atoms with Crippen LogP contribution in [0.1, 0.15) is 19.4 Å². The molecule has 0 N–H and O–H groups in total. The van der Waals surface area contributed by atoms with Crippen LogP contribution < -0.4 is 23.8 Å². The van der Waals surface area contributed by atoms with Crippen LogP contribution in [0.5, 0.6) is 23.1 Å². The van der Waals surface area contributed by atoms with Crippen LogP contribution in [0.3, 0.4) is 0 Å². The summed E-state index contributed by atoms with van der Waals surface area (Å²) in [5, 5.41) is 0. The second kappa shape index (κ2) is 5.77. The maximum absolute atomic E-state index is 6.58. The average Bonchev–Trinajstić information content (AvgIpc) is 2.84. The van der Waals surface area contributed by atoms with Crippen molar-refractivity contribution in [3.63, 3.8) is 0 Å². The van der Waals surface area contributed by atoms with Crippen molar-refractivity contribution < 1.29 is 18.9 Å². The number of ether oxygens (including phenoxy) is 4. The molecule has 0 saturated heterocycles. The predicted octanol–water partition coefficient (Wildman–Crippen LogP) is 3.33. The number of aliphatic imine (C=N–C) groups is 1. The molecule has 27 heavy (non-hydrogen) atoms. The summed E-state index contributed by atoms with van der Waals surface area (Å²) in [6.07, 6.45) is 1.83. The first-order valence-corrected chi connectivity index (χ1v) is 8.67. The highest BCUT2D eigenvalue weighted by Crippen LogP contribution is 2.54. The van der Waals surface area contributed by atoms with Crippen LogP contribution in [0.25, 0.3) is 0 Å². The van der Waals surface area contributed by atoms with Crippen molar-refractivity contribution in [1.29, 1.82) is 0 Å². The lowest BCUT2D eigenvalue weighted by Gasteiger charge is -2.44. The van der Waals surface area contributed by atoms with Crippen LogP contribution in [-0.4, -0.2) is 45.3 Å². The lowest BCUT2D eigenvalue weighted by atomic mass is 9.78. The molecule has 4 rings (SSSR count). The minimum atomic E-state index is -0.834. The fourth-order valence-electron chi connectivity index (χ4n) is 3.88. The van der Waals surface area contributed by atoms with Crippen molar-refractivity contribution in [2.45, 2.75) is 25.0 Å². The van der Waals surface area contributed by atoms with Crippen LogP contribution in [0.4, 0.5) is 11.5 Å². The molecule has 2 aromatic rings. The number of pyridine rings is 1. The van der Waals surface area contributed by atoms with E-state index in [2.05, 4.69) is 18.8 Å². The van der Waals surface area contributed by atoms with Gasteiger partial charge in [-0.1, -0.05) is 0 Å².